The van der Waals surface area contributed by atoms with Gasteiger partial charge in [0.25, 0.3) is 0 Å². The third-order valence-electron chi connectivity index (χ3n) is 4.77. The summed E-state index contributed by atoms with van der Waals surface area (Å²) in [6, 6.07) is 8.64. The van der Waals surface area contributed by atoms with Gasteiger partial charge in [0.2, 0.25) is 0 Å². The zero-order valence-corrected chi connectivity index (χ0v) is 12.4. The zero-order valence-electron chi connectivity index (χ0n) is 12.4. The van der Waals surface area contributed by atoms with Crippen molar-refractivity contribution < 1.29 is 0 Å². The Morgan fingerprint density at radius 3 is 2.60 bits per heavy atom. The third-order valence-corrected chi connectivity index (χ3v) is 4.77. The summed E-state index contributed by atoms with van der Waals surface area (Å²) in [7, 11) is 0. The molecule has 0 aromatic heterocycles. The van der Waals surface area contributed by atoms with Gasteiger partial charge in [-0.2, -0.15) is 5.26 Å². The van der Waals surface area contributed by atoms with Crippen LogP contribution < -0.4 is 10.6 Å². The van der Waals surface area contributed by atoms with Crippen molar-refractivity contribution >= 4 is 11.4 Å². The number of anilines is 2. The number of fused-ring (bicyclic) bond motifs is 1. The Morgan fingerprint density at radius 1 is 1.20 bits per heavy atom. The minimum absolute atomic E-state index is 0.353. The zero-order chi connectivity index (χ0) is 14.2. The van der Waals surface area contributed by atoms with Gasteiger partial charge in [-0.15, -0.1) is 0 Å². The summed E-state index contributed by atoms with van der Waals surface area (Å²) < 4.78 is 0. The number of hydrogen-bond acceptors (Lipinski definition) is 3. The fourth-order valence-electron chi connectivity index (χ4n) is 2.98. The van der Waals surface area contributed by atoms with Gasteiger partial charge in [0.05, 0.1) is 29.0 Å². The Morgan fingerprint density at radius 2 is 1.95 bits per heavy atom. The smallest absolute Gasteiger partial charge is 0.0964 e. The topological polar surface area (TPSA) is 47.9 Å². The molecule has 20 heavy (non-hydrogen) atoms. The lowest BCUT2D eigenvalue weighted by Gasteiger charge is -2.26. The lowest BCUT2D eigenvalue weighted by Crippen LogP contribution is -2.24. The molecule has 2 N–H and O–H groups in total. The maximum absolute atomic E-state index is 9.24. The Kier molecular flexibility index (Phi) is 3.33. The molecule has 1 unspecified atom stereocenters. The maximum atomic E-state index is 9.24. The van der Waals surface area contributed by atoms with E-state index in [4.69, 9.17) is 0 Å². The second-order valence-electron chi connectivity index (χ2n) is 6.71. The Balaban J connectivity index is 1.65. The molecule has 1 fully saturated rings. The molecule has 0 saturated heterocycles. The molecule has 1 aromatic carbocycles. The van der Waals surface area contributed by atoms with Crippen molar-refractivity contribution in [3.05, 3.63) is 23.8 Å². The highest BCUT2D eigenvalue weighted by atomic mass is 15.2. The molecule has 1 aliphatic heterocycles. The standard InChI is InChI=1S/C17H23N3/c1-17(2,11-18)13-7-8-14-15(10-13)20-16(19-14)9-6-12-4-3-5-12/h7-8,10,12,16,19-20H,3-6,9H2,1-2H3. The first kappa shape index (κ1) is 13.3. The number of nitrogens with one attached hydrogen (secondary N) is 2. The number of nitrogens with zero attached hydrogens (tertiary/aromatic N) is 1. The van der Waals surface area contributed by atoms with E-state index in [2.05, 4.69) is 34.9 Å². The summed E-state index contributed by atoms with van der Waals surface area (Å²) in [5.74, 6) is 0.954. The van der Waals surface area contributed by atoms with Crippen molar-refractivity contribution in [3.63, 3.8) is 0 Å². The van der Waals surface area contributed by atoms with Crippen LogP contribution in [0.1, 0.15) is 51.5 Å². The summed E-state index contributed by atoms with van der Waals surface area (Å²) >= 11 is 0. The van der Waals surface area contributed by atoms with Gasteiger partial charge >= 0.3 is 0 Å². The molecule has 0 bridgehead atoms. The molecule has 0 spiro atoms. The lowest BCUT2D eigenvalue weighted by atomic mass is 9.82. The average Bonchev–Trinajstić information content (AvgIpc) is 2.78. The third kappa shape index (κ3) is 2.47. The van der Waals surface area contributed by atoms with Gasteiger partial charge in [-0.3, -0.25) is 0 Å². The quantitative estimate of drug-likeness (QED) is 0.859. The molecule has 3 heteroatoms. The second-order valence-corrected chi connectivity index (χ2v) is 6.71. The molecule has 1 aliphatic carbocycles. The molecular weight excluding hydrogens is 246 g/mol. The predicted molar refractivity (Wildman–Crippen MR) is 82.7 cm³/mol. The fourth-order valence-corrected chi connectivity index (χ4v) is 2.98. The monoisotopic (exact) mass is 269 g/mol. The van der Waals surface area contributed by atoms with E-state index in [1.807, 2.05) is 13.8 Å². The lowest BCUT2D eigenvalue weighted by molar-refractivity contribution is 0.287. The highest BCUT2D eigenvalue weighted by molar-refractivity contribution is 5.75. The van der Waals surface area contributed by atoms with E-state index >= 15 is 0 Å². The van der Waals surface area contributed by atoms with Crippen LogP contribution in [0, 0.1) is 17.2 Å². The first-order chi connectivity index (χ1) is 9.58. The van der Waals surface area contributed by atoms with Gasteiger partial charge in [0.15, 0.2) is 0 Å². The van der Waals surface area contributed by atoms with E-state index < -0.39 is 5.41 Å². The van der Waals surface area contributed by atoms with Crippen LogP contribution in [0.3, 0.4) is 0 Å². The average molecular weight is 269 g/mol. The summed E-state index contributed by atoms with van der Waals surface area (Å²) in [5.41, 5.74) is 2.96. The molecule has 3 rings (SSSR count). The van der Waals surface area contributed by atoms with Crippen LogP contribution in [-0.2, 0) is 5.41 Å². The van der Waals surface area contributed by atoms with Crippen LogP contribution in [-0.4, -0.2) is 6.17 Å². The molecule has 0 amide bonds. The summed E-state index contributed by atoms with van der Waals surface area (Å²) in [6.45, 7) is 3.93. The highest BCUT2D eigenvalue weighted by Crippen LogP contribution is 2.36. The molecule has 3 nitrogen and oxygen atoms in total. The van der Waals surface area contributed by atoms with Crippen LogP contribution in [0.15, 0.2) is 18.2 Å². The van der Waals surface area contributed by atoms with Gasteiger partial charge < -0.3 is 10.6 Å². The van der Waals surface area contributed by atoms with Gasteiger partial charge in [0, 0.05) is 0 Å². The molecule has 0 radical (unpaired) electrons. The number of rotatable bonds is 4. The van der Waals surface area contributed by atoms with Gasteiger partial charge in [-0.25, -0.2) is 0 Å². The fraction of sp³-hybridized carbons (Fsp3) is 0.588. The molecule has 1 saturated carbocycles. The van der Waals surface area contributed by atoms with Crippen LogP contribution >= 0.6 is 0 Å². The Labute approximate surface area is 121 Å². The van der Waals surface area contributed by atoms with Crippen LogP contribution in [0.2, 0.25) is 0 Å². The SMILES string of the molecule is CC(C)(C#N)c1ccc2c(c1)NC(CCC1CCC1)N2. The van der Waals surface area contributed by atoms with Crippen LogP contribution in [0.4, 0.5) is 11.4 Å². The summed E-state index contributed by atoms with van der Waals surface area (Å²) in [4.78, 5) is 0. The number of benzene rings is 1. The van der Waals surface area contributed by atoms with Crippen molar-refractivity contribution in [2.45, 2.75) is 57.5 Å². The van der Waals surface area contributed by atoms with Crippen molar-refractivity contribution in [2.24, 2.45) is 5.92 Å². The Bertz CT molecular complexity index is 538. The van der Waals surface area contributed by atoms with Crippen LogP contribution in [0.25, 0.3) is 0 Å². The van der Waals surface area contributed by atoms with E-state index in [1.165, 1.54) is 37.8 Å². The minimum atomic E-state index is -0.430. The molecule has 106 valence electrons. The number of nitriles is 1. The molecule has 2 aliphatic rings. The molecule has 1 atom stereocenters. The molecule has 1 aromatic rings. The minimum Gasteiger partial charge on any atom is -0.364 e. The summed E-state index contributed by atoms with van der Waals surface area (Å²) in [5, 5.41) is 16.3. The second kappa shape index (κ2) is 5.01. The first-order valence-corrected chi connectivity index (χ1v) is 7.67. The maximum Gasteiger partial charge on any atom is 0.0964 e. The normalized spacial score (nSPS) is 21.4. The number of hydrogen-bond donors (Lipinski definition) is 2. The van der Waals surface area contributed by atoms with Gasteiger partial charge in [0.1, 0.15) is 0 Å². The highest BCUT2D eigenvalue weighted by Gasteiger charge is 2.26. The largest absolute Gasteiger partial charge is 0.364 e. The van der Waals surface area contributed by atoms with Crippen molar-refractivity contribution in [1.82, 2.24) is 0 Å². The van der Waals surface area contributed by atoms with Crippen LogP contribution in [0.5, 0.6) is 0 Å². The van der Waals surface area contributed by atoms with Crippen molar-refractivity contribution in [2.75, 3.05) is 10.6 Å². The molecular formula is C17H23N3. The van der Waals surface area contributed by atoms with Gasteiger partial charge in [-0.05, 0) is 50.3 Å². The van der Waals surface area contributed by atoms with E-state index in [1.54, 1.807) is 0 Å². The Hall–Kier alpha value is -1.69. The van der Waals surface area contributed by atoms with E-state index in [0.717, 1.165) is 17.2 Å². The summed E-state index contributed by atoms with van der Waals surface area (Å²) in [6.07, 6.45) is 7.10. The first-order valence-electron chi connectivity index (χ1n) is 7.67. The van der Waals surface area contributed by atoms with Crippen molar-refractivity contribution in [1.29, 1.82) is 5.26 Å². The van der Waals surface area contributed by atoms with Gasteiger partial charge in [-0.1, -0.05) is 25.3 Å². The van der Waals surface area contributed by atoms with E-state index in [-0.39, 0.29) is 0 Å². The van der Waals surface area contributed by atoms with Crippen molar-refractivity contribution in [3.8, 4) is 6.07 Å². The molecule has 1 heterocycles. The van der Waals surface area contributed by atoms with E-state index in [9.17, 15) is 5.26 Å². The predicted octanol–water partition coefficient (Wildman–Crippen LogP) is 4.23. The van der Waals surface area contributed by atoms with E-state index in [0.29, 0.717) is 6.17 Å².